The van der Waals surface area contributed by atoms with Crippen LogP contribution in [0, 0.1) is 0 Å². The first-order valence-electron chi connectivity index (χ1n) is 11.3. The van der Waals surface area contributed by atoms with E-state index >= 15 is 0 Å². The van der Waals surface area contributed by atoms with Gasteiger partial charge in [0.2, 0.25) is 11.8 Å². The maximum atomic E-state index is 12.3. The molecule has 1 aromatic carbocycles. The van der Waals surface area contributed by atoms with E-state index < -0.39 is 12.3 Å². The highest BCUT2D eigenvalue weighted by atomic mass is 16.5. The quantitative estimate of drug-likeness (QED) is 0.107. The average molecular weight is 463 g/mol. The smallest absolute Gasteiger partial charge is 0.251 e. The van der Waals surface area contributed by atoms with Crippen molar-refractivity contribution < 1.29 is 19.6 Å². The molecule has 4 atom stereocenters. The minimum atomic E-state index is -0.550. The lowest BCUT2D eigenvalue weighted by Crippen LogP contribution is -2.78. The molecule has 12 nitrogen and oxygen atoms in total. The maximum absolute atomic E-state index is 12.3. The number of hydrogen-bond donors (Lipinski definition) is 9. The van der Waals surface area contributed by atoms with E-state index in [0.717, 1.165) is 24.9 Å². The summed E-state index contributed by atoms with van der Waals surface area (Å²) in [6, 6.07) is 6.91. The Morgan fingerprint density at radius 3 is 2.61 bits per heavy atom. The van der Waals surface area contributed by atoms with E-state index in [4.69, 9.17) is 10.9 Å². The van der Waals surface area contributed by atoms with Gasteiger partial charge in [-0.3, -0.25) is 41.3 Å². The molecule has 0 aliphatic carbocycles. The largest absolute Gasteiger partial charge is 0.383 e. The third-order valence-corrected chi connectivity index (χ3v) is 5.71. The predicted molar refractivity (Wildman–Crippen MR) is 122 cm³/mol. The van der Waals surface area contributed by atoms with Gasteiger partial charge in [0, 0.05) is 43.3 Å². The number of nitrogens with one attached hydrogen (secondary N) is 7. The number of amides is 3. The summed E-state index contributed by atoms with van der Waals surface area (Å²) < 4.78 is 0. The van der Waals surface area contributed by atoms with Crippen LogP contribution < -0.4 is 43.1 Å². The fourth-order valence-corrected chi connectivity index (χ4v) is 3.89. The highest BCUT2D eigenvalue weighted by Gasteiger charge is 2.38. The second-order valence-corrected chi connectivity index (χ2v) is 8.29. The van der Waals surface area contributed by atoms with E-state index in [2.05, 4.69) is 31.9 Å². The Morgan fingerprint density at radius 1 is 1.09 bits per heavy atom. The van der Waals surface area contributed by atoms with Crippen molar-refractivity contribution >= 4 is 23.4 Å². The van der Waals surface area contributed by atoms with Crippen LogP contribution in [-0.2, 0) is 9.59 Å². The molecule has 2 aliphatic rings. The number of piperazine rings is 1. The summed E-state index contributed by atoms with van der Waals surface area (Å²) in [6.45, 7) is 1.86. The van der Waals surface area contributed by atoms with E-state index in [1.54, 1.807) is 17.6 Å². The van der Waals surface area contributed by atoms with E-state index in [9.17, 15) is 14.4 Å². The molecule has 33 heavy (non-hydrogen) atoms. The third-order valence-electron chi connectivity index (χ3n) is 5.71. The summed E-state index contributed by atoms with van der Waals surface area (Å²) in [6.07, 6.45) is 2.86. The zero-order chi connectivity index (χ0) is 23.6. The van der Waals surface area contributed by atoms with Crippen LogP contribution in [0.3, 0.4) is 0 Å². The molecule has 4 unspecified atom stereocenters. The minimum Gasteiger partial charge on any atom is -0.383 e. The Kier molecular flexibility index (Phi) is 9.39. The molecule has 1 aromatic rings. The SMILES string of the molecule is NC1NC(=O)C2NC(CNc3ccc(C(=O)NCCCCCCC(=O)NO)cc3)CNC2N1. The van der Waals surface area contributed by atoms with Gasteiger partial charge in [0.1, 0.15) is 12.3 Å². The second-order valence-electron chi connectivity index (χ2n) is 8.29. The number of carbonyl (C=O) groups is 3. The molecular formula is C21H34N8O4. The number of unbranched alkanes of at least 4 members (excludes halogenated alkanes) is 3. The normalized spacial score (nSPS) is 24.4. The van der Waals surface area contributed by atoms with Crippen molar-refractivity contribution in [2.24, 2.45) is 5.73 Å². The Bertz CT molecular complexity index is 806. The third kappa shape index (κ3) is 7.65. The number of anilines is 1. The first kappa shape index (κ1) is 24.9. The average Bonchev–Trinajstić information content (AvgIpc) is 2.82. The number of hydroxylamine groups is 1. The Hall–Kier alpha value is -2.77. The lowest BCUT2D eigenvalue weighted by molar-refractivity contribution is -0.129. The van der Waals surface area contributed by atoms with E-state index in [0.29, 0.717) is 38.0 Å². The zero-order valence-corrected chi connectivity index (χ0v) is 18.5. The monoisotopic (exact) mass is 462 g/mol. The van der Waals surface area contributed by atoms with E-state index in [1.807, 2.05) is 12.1 Å². The van der Waals surface area contributed by atoms with Gasteiger partial charge >= 0.3 is 0 Å². The molecule has 10 N–H and O–H groups in total. The van der Waals surface area contributed by atoms with Gasteiger partial charge in [-0.05, 0) is 37.1 Å². The summed E-state index contributed by atoms with van der Waals surface area (Å²) in [7, 11) is 0. The number of rotatable bonds is 11. The van der Waals surface area contributed by atoms with Crippen molar-refractivity contribution in [2.45, 2.75) is 56.6 Å². The summed E-state index contributed by atoms with van der Waals surface area (Å²) in [5.41, 5.74) is 8.81. The van der Waals surface area contributed by atoms with E-state index in [-0.39, 0.29) is 29.9 Å². The second kappa shape index (κ2) is 12.5. The number of nitrogens with two attached hydrogens (primary N) is 1. The molecule has 0 bridgehead atoms. The van der Waals surface area contributed by atoms with Crippen LogP contribution in [0.25, 0.3) is 0 Å². The number of hydrogen-bond acceptors (Lipinski definition) is 9. The summed E-state index contributed by atoms with van der Waals surface area (Å²) >= 11 is 0. The van der Waals surface area contributed by atoms with E-state index in [1.165, 1.54) is 0 Å². The van der Waals surface area contributed by atoms with Gasteiger partial charge in [0.05, 0.1) is 6.17 Å². The summed E-state index contributed by atoms with van der Waals surface area (Å²) in [4.78, 5) is 35.3. The van der Waals surface area contributed by atoms with Crippen LogP contribution in [-0.4, -0.2) is 67.1 Å². The van der Waals surface area contributed by atoms with Crippen LogP contribution in [0.5, 0.6) is 0 Å². The highest BCUT2D eigenvalue weighted by Crippen LogP contribution is 2.11. The minimum absolute atomic E-state index is 0.0501. The zero-order valence-electron chi connectivity index (χ0n) is 18.5. The molecule has 182 valence electrons. The van der Waals surface area contributed by atoms with Gasteiger partial charge < -0.3 is 16.0 Å². The number of benzene rings is 1. The van der Waals surface area contributed by atoms with Gasteiger partial charge in [-0.2, -0.15) is 0 Å². The molecule has 0 radical (unpaired) electrons. The molecule has 3 rings (SSSR count). The lowest BCUT2D eigenvalue weighted by Gasteiger charge is -2.42. The molecule has 12 heteroatoms. The van der Waals surface area contributed by atoms with Gasteiger partial charge in [-0.15, -0.1) is 0 Å². The molecule has 0 aromatic heterocycles. The molecule has 0 spiro atoms. The molecule has 2 saturated heterocycles. The molecule has 3 amide bonds. The van der Waals surface area contributed by atoms with Crippen molar-refractivity contribution in [3.8, 4) is 0 Å². The number of carbonyl (C=O) groups excluding carboxylic acids is 3. The predicted octanol–water partition coefficient (Wildman–Crippen LogP) is -1.50. The molecule has 0 saturated carbocycles. The van der Waals surface area contributed by atoms with Crippen molar-refractivity contribution in [1.82, 2.24) is 32.1 Å². The van der Waals surface area contributed by atoms with Crippen LogP contribution in [0.2, 0.25) is 0 Å². The first-order chi connectivity index (χ1) is 16.0. The molecular weight excluding hydrogens is 428 g/mol. The van der Waals surface area contributed by atoms with Crippen molar-refractivity contribution in [1.29, 1.82) is 0 Å². The molecule has 2 aliphatic heterocycles. The molecule has 2 fully saturated rings. The number of fused-ring (bicyclic) bond motifs is 1. The standard InChI is InChI=1S/C21H34N8O4/c22-21-27-18-17(20(32)28-21)26-15(12-25-18)11-24-14-8-6-13(7-9-14)19(31)23-10-4-2-1-3-5-16(30)29-33/h6-9,15,17-18,21,24-27,33H,1-5,10-12,22H2,(H,23,31)(H,28,32)(H,29,30). The van der Waals surface area contributed by atoms with Crippen molar-refractivity contribution in [3.05, 3.63) is 29.8 Å². The van der Waals surface area contributed by atoms with Gasteiger partial charge in [-0.1, -0.05) is 12.8 Å². The van der Waals surface area contributed by atoms with Gasteiger partial charge in [0.25, 0.3) is 5.91 Å². The van der Waals surface area contributed by atoms with Crippen LogP contribution in [0.15, 0.2) is 24.3 Å². The maximum Gasteiger partial charge on any atom is 0.251 e. The Labute approximate surface area is 192 Å². The first-order valence-corrected chi connectivity index (χ1v) is 11.3. The fraction of sp³-hybridized carbons (Fsp3) is 0.571. The Balaban J connectivity index is 1.32. The Morgan fingerprint density at radius 2 is 1.85 bits per heavy atom. The van der Waals surface area contributed by atoms with Crippen molar-refractivity contribution in [2.75, 3.05) is 25.0 Å². The fourth-order valence-electron chi connectivity index (χ4n) is 3.89. The highest BCUT2D eigenvalue weighted by molar-refractivity contribution is 5.94. The van der Waals surface area contributed by atoms with Gasteiger partial charge in [-0.25, -0.2) is 5.48 Å². The van der Waals surface area contributed by atoms with Crippen LogP contribution in [0.4, 0.5) is 5.69 Å². The molecule has 2 heterocycles. The summed E-state index contributed by atoms with van der Waals surface area (Å²) in [5.74, 6) is -0.631. The lowest BCUT2D eigenvalue weighted by atomic mass is 10.1. The van der Waals surface area contributed by atoms with Crippen LogP contribution in [0.1, 0.15) is 42.5 Å². The topological polar surface area (TPSA) is 182 Å². The van der Waals surface area contributed by atoms with Crippen molar-refractivity contribution in [3.63, 3.8) is 0 Å². The van der Waals surface area contributed by atoms with Crippen LogP contribution >= 0.6 is 0 Å². The summed E-state index contributed by atoms with van der Waals surface area (Å²) in [5, 5.41) is 27.0. The van der Waals surface area contributed by atoms with Gasteiger partial charge in [0.15, 0.2) is 0 Å².